The zero-order valence-corrected chi connectivity index (χ0v) is 17.8. The number of amides is 1. The van der Waals surface area contributed by atoms with Gasteiger partial charge in [0.15, 0.2) is 11.5 Å². The van der Waals surface area contributed by atoms with Crippen LogP contribution >= 0.6 is 11.8 Å². The molecule has 0 saturated heterocycles. The lowest BCUT2D eigenvalue weighted by Gasteiger charge is -2.18. The molecule has 0 bridgehead atoms. The second kappa shape index (κ2) is 8.69. The van der Waals surface area contributed by atoms with Crippen LogP contribution in [0.4, 0.5) is 0 Å². The number of hydrogen-bond acceptors (Lipinski definition) is 5. The fourth-order valence-corrected chi connectivity index (χ4v) is 4.23. The first-order valence-electron chi connectivity index (χ1n) is 9.23. The van der Waals surface area contributed by atoms with Gasteiger partial charge in [-0.3, -0.25) is 4.79 Å². The summed E-state index contributed by atoms with van der Waals surface area (Å²) in [5, 5.41) is 4.03. The van der Waals surface area contributed by atoms with Crippen LogP contribution in [0.25, 0.3) is 0 Å². The quantitative estimate of drug-likeness (QED) is 0.581. The molecule has 1 aliphatic heterocycles. The fourth-order valence-electron chi connectivity index (χ4n) is 3.24. The zero-order valence-electron chi connectivity index (χ0n) is 17.0. The van der Waals surface area contributed by atoms with E-state index in [1.165, 1.54) is 33.4 Å². The van der Waals surface area contributed by atoms with E-state index in [1.807, 2.05) is 18.2 Å². The van der Waals surface area contributed by atoms with Crippen molar-refractivity contribution in [2.75, 3.05) is 12.5 Å². The van der Waals surface area contributed by atoms with E-state index >= 15 is 0 Å². The lowest BCUT2D eigenvalue weighted by Crippen LogP contribution is -2.19. The Hall–Kier alpha value is -2.47. The topological polar surface area (TPSA) is 59.9 Å². The molecule has 0 atom stereocenters. The molecule has 5 nitrogen and oxygen atoms in total. The maximum Gasteiger partial charge on any atom is 0.250 e. The van der Waals surface area contributed by atoms with Crippen molar-refractivity contribution in [3.8, 4) is 11.5 Å². The Kier molecular flexibility index (Phi) is 6.29. The van der Waals surface area contributed by atoms with Crippen LogP contribution in [0.1, 0.15) is 38.9 Å². The van der Waals surface area contributed by atoms with E-state index in [-0.39, 0.29) is 12.7 Å². The molecule has 1 amide bonds. The van der Waals surface area contributed by atoms with Gasteiger partial charge >= 0.3 is 0 Å². The Morgan fingerprint density at radius 1 is 1.04 bits per heavy atom. The molecule has 28 heavy (non-hydrogen) atoms. The molecule has 0 spiro atoms. The molecule has 0 unspecified atom stereocenters. The van der Waals surface area contributed by atoms with Crippen molar-refractivity contribution in [3.05, 3.63) is 57.1 Å². The van der Waals surface area contributed by atoms with E-state index in [4.69, 9.17) is 9.47 Å². The van der Waals surface area contributed by atoms with Crippen LogP contribution in [0.15, 0.2) is 23.3 Å². The predicted octanol–water partition coefficient (Wildman–Crippen LogP) is 4.34. The van der Waals surface area contributed by atoms with E-state index in [1.54, 1.807) is 18.0 Å². The summed E-state index contributed by atoms with van der Waals surface area (Å²) in [5.41, 5.74) is 11.5. The van der Waals surface area contributed by atoms with Gasteiger partial charge in [-0.05, 0) is 91.8 Å². The molecule has 0 fully saturated rings. The zero-order chi connectivity index (χ0) is 20.3. The molecule has 1 aliphatic rings. The van der Waals surface area contributed by atoms with E-state index < -0.39 is 0 Å². The van der Waals surface area contributed by atoms with Gasteiger partial charge in [0.1, 0.15) is 0 Å². The number of hydrazone groups is 1. The third-order valence-electron chi connectivity index (χ3n) is 5.43. The molecule has 148 valence electrons. The van der Waals surface area contributed by atoms with E-state index in [9.17, 15) is 4.79 Å². The van der Waals surface area contributed by atoms with Crippen LogP contribution in [-0.4, -0.2) is 24.7 Å². The van der Waals surface area contributed by atoms with Gasteiger partial charge in [-0.1, -0.05) is 0 Å². The van der Waals surface area contributed by atoms with Crippen LogP contribution in [0.2, 0.25) is 0 Å². The molecule has 0 saturated carbocycles. The average molecular weight is 399 g/mol. The Balaban J connectivity index is 1.51. The number of hydrogen-bond donors (Lipinski definition) is 1. The highest BCUT2D eigenvalue weighted by molar-refractivity contribution is 7.99. The second-order valence-electron chi connectivity index (χ2n) is 7.00. The number of thioether (sulfide) groups is 1. The molecule has 3 rings (SSSR count). The standard InChI is InChI=1S/C22H26N2O3S/c1-13-14(2)16(4)19(17(5)15(13)3)10-28-11-22(25)24-23-9-18-6-7-20-21(8-18)27-12-26-20/h6-9H,10-12H2,1-5H3,(H,24,25)/b23-9+. The van der Waals surface area contributed by atoms with Gasteiger partial charge in [0.25, 0.3) is 0 Å². The van der Waals surface area contributed by atoms with Crippen LogP contribution < -0.4 is 14.9 Å². The highest BCUT2D eigenvalue weighted by Crippen LogP contribution is 2.32. The Bertz CT molecular complexity index is 909. The summed E-state index contributed by atoms with van der Waals surface area (Å²) >= 11 is 1.61. The molecule has 6 heteroatoms. The average Bonchev–Trinajstić information content (AvgIpc) is 3.15. The number of benzene rings is 2. The minimum Gasteiger partial charge on any atom is -0.454 e. The van der Waals surface area contributed by atoms with E-state index in [0.717, 1.165) is 17.1 Å². The molecular formula is C22H26N2O3S. The monoisotopic (exact) mass is 398 g/mol. The maximum absolute atomic E-state index is 12.1. The highest BCUT2D eigenvalue weighted by atomic mass is 32.2. The summed E-state index contributed by atoms with van der Waals surface area (Å²) in [6, 6.07) is 5.53. The van der Waals surface area contributed by atoms with Gasteiger partial charge in [-0.2, -0.15) is 5.10 Å². The van der Waals surface area contributed by atoms with Crippen molar-refractivity contribution in [1.82, 2.24) is 5.43 Å². The van der Waals surface area contributed by atoms with E-state index in [0.29, 0.717) is 11.5 Å². The predicted molar refractivity (Wildman–Crippen MR) is 115 cm³/mol. The molecular weight excluding hydrogens is 372 g/mol. The van der Waals surface area contributed by atoms with Crippen molar-refractivity contribution in [2.24, 2.45) is 5.10 Å². The molecule has 1 N–H and O–H groups in total. The minimum atomic E-state index is -0.113. The first-order valence-corrected chi connectivity index (χ1v) is 10.4. The molecule has 0 radical (unpaired) electrons. The molecule has 2 aromatic carbocycles. The minimum absolute atomic E-state index is 0.113. The number of fused-ring (bicyclic) bond motifs is 1. The normalized spacial score (nSPS) is 12.6. The summed E-state index contributed by atoms with van der Waals surface area (Å²) in [6.07, 6.45) is 1.60. The molecule has 0 aliphatic carbocycles. The molecule has 1 heterocycles. The van der Waals surface area contributed by atoms with Gasteiger partial charge in [0.05, 0.1) is 12.0 Å². The number of rotatable bonds is 6. The number of carbonyl (C=O) groups is 1. The van der Waals surface area contributed by atoms with Gasteiger partial charge < -0.3 is 9.47 Å². The van der Waals surface area contributed by atoms with Crippen molar-refractivity contribution in [3.63, 3.8) is 0 Å². The summed E-state index contributed by atoms with van der Waals surface area (Å²) in [5.74, 6) is 2.49. The number of ether oxygens (including phenoxy) is 2. The van der Waals surface area contributed by atoms with Crippen molar-refractivity contribution >= 4 is 23.9 Å². The first-order chi connectivity index (χ1) is 13.4. The van der Waals surface area contributed by atoms with Crippen molar-refractivity contribution in [2.45, 2.75) is 40.4 Å². The first kappa shape index (κ1) is 20.3. The Morgan fingerprint density at radius 3 is 2.39 bits per heavy atom. The summed E-state index contributed by atoms with van der Waals surface area (Å²) in [6.45, 7) is 11.1. The molecule has 0 aromatic heterocycles. The van der Waals surface area contributed by atoms with Crippen LogP contribution in [-0.2, 0) is 10.5 Å². The largest absolute Gasteiger partial charge is 0.454 e. The Morgan fingerprint density at radius 2 is 1.68 bits per heavy atom. The van der Waals surface area contributed by atoms with Crippen molar-refractivity contribution < 1.29 is 14.3 Å². The van der Waals surface area contributed by atoms with Crippen LogP contribution in [0, 0.1) is 34.6 Å². The lowest BCUT2D eigenvalue weighted by atomic mass is 9.90. The third kappa shape index (κ3) is 4.33. The number of carbonyl (C=O) groups excluding carboxylic acids is 1. The number of nitrogens with one attached hydrogen (secondary N) is 1. The second-order valence-corrected chi connectivity index (χ2v) is 7.99. The fraction of sp³-hybridized carbons (Fsp3) is 0.364. The van der Waals surface area contributed by atoms with E-state index in [2.05, 4.69) is 45.1 Å². The molecule has 2 aromatic rings. The van der Waals surface area contributed by atoms with Gasteiger partial charge in [0.2, 0.25) is 12.7 Å². The summed E-state index contributed by atoms with van der Waals surface area (Å²) in [7, 11) is 0. The summed E-state index contributed by atoms with van der Waals surface area (Å²) in [4.78, 5) is 12.1. The van der Waals surface area contributed by atoms with Gasteiger partial charge in [-0.25, -0.2) is 5.43 Å². The van der Waals surface area contributed by atoms with Gasteiger partial charge in [0, 0.05) is 5.75 Å². The van der Waals surface area contributed by atoms with Crippen LogP contribution in [0.3, 0.4) is 0 Å². The smallest absolute Gasteiger partial charge is 0.250 e. The maximum atomic E-state index is 12.1. The number of nitrogens with zero attached hydrogens (tertiary/aromatic N) is 1. The Labute approximate surface area is 170 Å². The van der Waals surface area contributed by atoms with Crippen molar-refractivity contribution in [1.29, 1.82) is 0 Å². The summed E-state index contributed by atoms with van der Waals surface area (Å²) < 4.78 is 10.6. The van der Waals surface area contributed by atoms with Crippen LogP contribution in [0.5, 0.6) is 11.5 Å². The third-order valence-corrected chi connectivity index (χ3v) is 6.39. The van der Waals surface area contributed by atoms with Gasteiger partial charge in [-0.15, -0.1) is 11.8 Å². The lowest BCUT2D eigenvalue weighted by molar-refractivity contribution is -0.118. The SMILES string of the molecule is Cc1c(C)c(C)c(CSCC(=O)N/N=C/c2ccc3c(c2)OCO3)c(C)c1C. The highest BCUT2D eigenvalue weighted by Gasteiger charge is 2.13.